The molecule has 5 heteroatoms. The van der Waals surface area contributed by atoms with Crippen LogP contribution in [0.1, 0.15) is 24.2 Å². The second kappa shape index (κ2) is 7.06. The summed E-state index contributed by atoms with van der Waals surface area (Å²) in [6.07, 6.45) is 1.99. The number of anilines is 1. The molecule has 0 saturated heterocycles. The third-order valence-electron chi connectivity index (χ3n) is 2.32. The Bertz CT molecular complexity index is 435. The Labute approximate surface area is 112 Å². The Kier molecular flexibility index (Phi) is 5.71. The predicted molar refractivity (Wildman–Crippen MR) is 76.4 cm³/mol. The van der Waals surface area contributed by atoms with Crippen LogP contribution in [-0.4, -0.2) is 29.9 Å². The van der Waals surface area contributed by atoms with E-state index in [2.05, 4.69) is 10.6 Å². The molecule has 0 saturated carbocycles. The maximum Gasteiger partial charge on any atom is 0.319 e. The van der Waals surface area contributed by atoms with Crippen LogP contribution in [0, 0.1) is 0 Å². The minimum atomic E-state index is -0.253. The van der Waals surface area contributed by atoms with Crippen LogP contribution in [0.4, 0.5) is 10.5 Å². The van der Waals surface area contributed by atoms with Crippen LogP contribution in [0.2, 0.25) is 0 Å². The van der Waals surface area contributed by atoms with Crippen molar-refractivity contribution in [3.05, 3.63) is 29.8 Å². The van der Waals surface area contributed by atoms with Crippen LogP contribution in [0.5, 0.6) is 0 Å². The number of nitrogens with one attached hydrogen (secondary N) is 2. The van der Waals surface area contributed by atoms with Gasteiger partial charge in [0.25, 0.3) is 0 Å². The zero-order valence-electron chi connectivity index (χ0n) is 10.8. The maximum absolute atomic E-state index is 11.7. The van der Waals surface area contributed by atoms with E-state index in [1.165, 1.54) is 6.92 Å². The number of benzene rings is 1. The maximum atomic E-state index is 11.7. The lowest BCUT2D eigenvalue weighted by Gasteiger charge is -2.13. The topological polar surface area (TPSA) is 58.2 Å². The average Bonchev–Trinajstić information content (AvgIpc) is 2.29. The first-order valence-corrected chi connectivity index (χ1v) is 7.09. The van der Waals surface area contributed by atoms with Gasteiger partial charge < -0.3 is 10.6 Å². The van der Waals surface area contributed by atoms with Crippen molar-refractivity contribution >= 4 is 29.3 Å². The predicted octanol–water partition coefficient (Wildman–Crippen LogP) is 2.76. The molecule has 4 nitrogen and oxygen atoms in total. The number of hydrogen-bond donors (Lipinski definition) is 2. The minimum Gasteiger partial charge on any atom is -0.335 e. The number of thioether (sulfide) groups is 1. The van der Waals surface area contributed by atoms with Crippen LogP contribution in [0.25, 0.3) is 0 Å². The molecule has 0 aliphatic heterocycles. The van der Waals surface area contributed by atoms with Crippen molar-refractivity contribution in [1.29, 1.82) is 0 Å². The first-order chi connectivity index (χ1) is 8.52. The van der Waals surface area contributed by atoms with Crippen molar-refractivity contribution in [2.24, 2.45) is 0 Å². The molecule has 1 aromatic rings. The van der Waals surface area contributed by atoms with Gasteiger partial charge in [-0.3, -0.25) is 4.79 Å². The van der Waals surface area contributed by atoms with Crippen molar-refractivity contribution in [1.82, 2.24) is 5.32 Å². The summed E-state index contributed by atoms with van der Waals surface area (Å²) in [5, 5.41) is 5.54. The summed E-state index contributed by atoms with van der Waals surface area (Å²) in [4.78, 5) is 22.9. The Morgan fingerprint density at radius 2 is 2.11 bits per heavy atom. The van der Waals surface area contributed by atoms with Gasteiger partial charge in [0.1, 0.15) is 0 Å². The highest BCUT2D eigenvalue weighted by atomic mass is 32.2. The van der Waals surface area contributed by atoms with E-state index in [9.17, 15) is 9.59 Å². The van der Waals surface area contributed by atoms with Gasteiger partial charge in [0.2, 0.25) is 0 Å². The Balaban J connectivity index is 2.59. The van der Waals surface area contributed by atoms with Gasteiger partial charge in [0.05, 0.1) is 0 Å². The van der Waals surface area contributed by atoms with Gasteiger partial charge >= 0.3 is 6.03 Å². The molecule has 1 aromatic carbocycles. The van der Waals surface area contributed by atoms with Gasteiger partial charge in [-0.1, -0.05) is 12.1 Å². The molecule has 1 rings (SSSR count). The summed E-state index contributed by atoms with van der Waals surface area (Å²) in [5.41, 5.74) is 1.21. The van der Waals surface area contributed by atoms with Crippen LogP contribution in [0.15, 0.2) is 24.3 Å². The SMILES string of the molecule is CSCC(C)NC(=O)Nc1cccc(C(C)=O)c1. The Morgan fingerprint density at radius 1 is 1.39 bits per heavy atom. The van der Waals surface area contributed by atoms with E-state index in [1.54, 1.807) is 36.0 Å². The van der Waals surface area contributed by atoms with Crippen molar-refractivity contribution in [2.75, 3.05) is 17.3 Å². The highest BCUT2D eigenvalue weighted by molar-refractivity contribution is 7.98. The van der Waals surface area contributed by atoms with Gasteiger partial charge in [-0.2, -0.15) is 11.8 Å². The van der Waals surface area contributed by atoms with Crippen molar-refractivity contribution in [2.45, 2.75) is 19.9 Å². The molecule has 18 heavy (non-hydrogen) atoms. The number of ketones is 1. The summed E-state index contributed by atoms with van der Waals surface area (Å²) in [6, 6.07) is 6.75. The Hall–Kier alpha value is -1.49. The molecular weight excluding hydrogens is 248 g/mol. The second-order valence-corrected chi connectivity index (χ2v) is 5.00. The van der Waals surface area contributed by atoms with E-state index in [0.717, 1.165) is 5.75 Å². The largest absolute Gasteiger partial charge is 0.335 e. The number of carbonyl (C=O) groups is 2. The van der Waals surface area contributed by atoms with E-state index in [1.807, 2.05) is 13.2 Å². The number of rotatable bonds is 5. The van der Waals surface area contributed by atoms with Gasteiger partial charge in [0.15, 0.2) is 5.78 Å². The molecule has 98 valence electrons. The van der Waals surface area contributed by atoms with Gasteiger partial charge in [-0.05, 0) is 32.2 Å². The number of carbonyl (C=O) groups excluding carboxylic acids is 2. The summed E-state index contributed by atoms with van der Waals surface area (Å²) in [6.45, 7) is 3.45. The number of hydrogen-bond acceptors (Lipinski definition) is 3. The molecule has 0 aliphatic rings. The van der Waals surface area contributed by atoms with Crippen LogP contribution in [-0.2, 0) is 0 Å². The standard InChI is InChI=1S/C13H18N2O2S/c1-9(8-18-3)14-13(17)15-12-6-4-5-11(7-12)10(2)16/h4-7,9H,8H2,1-3H3,(H2,14,15,17). The zero-order chi connectivity index (χ0) is 13.5. The smallest absolute Gasteiger partial charge is 0.319 e. The fourth-order valence-corrected chi connectivity index (χ4v) is 2.08. The quantitative estimate of drug-likeness (QED) is 0.806. The first kappa shape index (κ1) is 14.6. The molecular formula is C13H18N2O2S. The van der Waals surface area contributed by atoms with E-state index < -0.39 is 0 Å². The average molecular weight is 266 g/mol. The fourth-order valence-electron chi connectivity index (χ4n) is 1.50. The summed E-state index contributed by atoms with van der Waals surface area (Å²) < 4.78 is 0. The van der Waals surface area contributed by atoms with E-state index >= 15 is 0 Å². The molecule has 0 spiro atoms. The van der Waals surface area contributed by atoms with Crippen LogP contribution >= 0.6 is 11.8 Å². The molecule has 0 aromatic heterocycles. The third-order valence-corrected chi connectivity index (χ3v) is 3.15. The lowest BCUT2D eigenvalue weighted by molar-refractivity contribution is 0.101. The van der Waals surface area contributed by atoms with Crippen LogP contribution < -0.4 is 10.6 Å². The molecule has 1 atom stereocenters. The van der Waals surface area contributed by atoms with E-state index in [4.69, 9.17) is 0 Å². The van der Waals surface area contributed by atoms with Gasteiger partial charge in [0, 0.05) is 23.0 Å². The first-order valence-electron chi connectivity index (χ1n) is 5.70. The van der Waals surface area contributed by atoms with Gasteiger partial charge in [-0.15, -0.1) is 0 Å². The normalized spacial score (nSPS) is 11.7. The van der Waals surface area contributed by atoms with Gasteiger partial charge in [-0.25, -0.2) is 4.79 Å². The Morgan fingerprint density at radius 3 is 2.72 bits per heavy atom. The summed E-state index contributed by atoms with van der Waals surface area (Å²) >= 11 is 1.68. The van der Waals surface area contributed by atoms with Crippen molar-refractivity contribution in [3.8, 4) is 0 Å². The van der Waals surface area contributed by atoms with Crippen molar-refractivity contribution < 1.29 is 9.59 Å². The van der Waals surface area contributed by atoms with E-state index in [0.29, 0.717) is 11.3 Å². The highest BCUT2D eigenvalue weighted by Gasteiger charge is 2.07. The molecule has 2 N–H and O–H groups in total. The molecule has 0 heterocycles. The number of urea groups is 1. The molecule has 0 fully saturated rings. The molecule has 0 bridgehead atoms. The molecule has 2 amide bonds. The van der Waals surface area contributed by atoms with E-state index in [-0.39, 0.29) is 17.9 Å². The molecule has 1 unspecified atom stereocenters. The van der Waals surface area contributed by atoms with Crippen molar-refractivity contribution in [3.63, 3.8) is 0 Å². The monoisotopic (exact) mass is 266 g/mol. The third kappa shape index (κ3) is 4.79. The highest BCUT2D eigenvalue weighted by Crippen LogP contribution is 2.11. The lowest BCUT2D eigenvalue weighted by Crippen LogP contribution is -2.37. The molecule has 0 radical (unpaired) electrons. The lowest BCUT2D eigenvalue weighted by atomic mass is 10.1. The fraction of sp³-hybridized carbons (Fsp3) is 0.385. The number of Topliss-reactive ketones (excluding diaryl/α,β-unsaturated/α-hetero) is 1. The summed E-state index contributed by atoms with van der Waals surface area (Å²) in [7, 11) is 0. The summed E-state index contributed by atoms with van der Waals surface area (Å²) in [5.74, 6) is 0.843. The minimum absolute atomic E-state index is 0.0187. The number of amides is 2. The second-order valence-electron chi connectivity index (χ2n) is 4.09. The zero-order valence-corrected chi connectivity index (χ0v) is 11.6. The van der Waals surface area contributed by atoms with Crippen LogP contribution in [0.3, 0.4) is 0 Å². The molecule has 0 aliphatic carbocycles.